The van der Waals surface area contributed by atoms with Gasteiger partial charge < -0.3 is 20.6 Å². The van der Waals surface area contributed by atoms with E-state index in [1.807, 2.05) is 11.9 Å². The van der Waals surface area contributed by atoms with Crippen LogP contribution >= 0.6 is 0 Å². The number of aromatic hydroxyl groups is 1. The summed E-state index contributed by atoms with van der Waals surface area (Å²) < 4.78 is 0. The van der Waals surface area contributed by atoms with Crippen LogP contribution in [0.15, 0.2) is 24.3 Å². The maximum Gasteiger partial charge on any atom is 0.254 e. The molecule has 1 aromatic carbocycles. The Morgan fingerprint density at radius 3 is 2.67 bits per heavy atom. The first-order valence-electron chi connectivity index (χ1n) is 6.10. The minimum Gasteiger partial charge on any atom is -0.508 e. The predicted octanol–water partition coefficient (Wildman–Crippen LogP) is 0.107. The predicted molar refractivity (Wildman–Crippen MR) is 69.5 cm³/mol. The Morgan fingerprint density at radius 1 is 1.39 bits per heavy atom. The second-order valence-electron chi connectivity index (χ2n) is 4.70. The van der Waals surface area contributed by atoms with Gasteiger partial charge in [0.15, 0.2) is 0 Å². The van der Waals surface area contributed by atoms with Gasteiger partial charge in [-0.05, 0) is 31.3 Å². The lowest BCUT2D eigenvalue weighted by Crippen LogP contribution is -2.56. The molecule has 1 fully saturated rings. The molecular weight excluding hydrogens is 230 g/mol. The van der Waals surface area contributed by atoms with E-state index in [0.29, 0.717) is 18.7 Å². The fourth-order valence-corrected chi connectivity index (χ4v) is 2.25. The van der Waals surface area contributed by atoms with E-state index in [2.05, 4.69) is 4.90 Å². The summed E-state index contributed by atoms with van der Waals surface area (Å²) in [7, 11) is 2.03. The third kappa shape index (κ3) is 2.63. The van der Waals surface area contributed by atoms with E-state index in [9.17, 15) is 9.90 Å². The molecule has 1 unspecified atom stereocenters. The first kappa shape index (κ1) is 12.9. The lowest BCUT2D eigenvalue weighted by molar-refractivity contribution is 0.0516. The maximum atomic E-state index is 12.4. The van der Waals surface area contributed by atoms with Crippen molar-refractivity contribution in [2.24, 2.45) is 5.73 Å². The van der Waals surface area contributed by atoms with E-state index >= 15 is 0 Å². The molecule has 0 radical (unpaired) electrons. The zero-order valence-electron chi connectivity index (χ0n) is 10.5. The molecule has 1 aliphatic rings. The molecule has 5 nitrogen and oxygen atoms in total. The van der Waals surface area contributed by atoms with E-state index in [0.717, 1.165) is 13.1 Å². The van der Waals surface area contributed by atoms with E-state index in [4.69, 9.17) is 5.73 Å². The quantitative estimate of drug-likeness (QED) is 0.780. The van der Waals surface area contributed by atoms with Crippen molar-refractivity contribution in [2.75, 3.05) is 33.2 Å². The number of benzene rings is 1. The van der Waals surface area contributed by atoms with Gasteiger partial charge in [0.1, 0.15) is 5.75 Å². The fraction of sp³-hybridized carbons (Fsp3) is 0.462. The highest BCUT2D eigenvalue weighted by Crippen LogP contribution is 2.15. The van der Waals surface area contributed by atoms with Crippen LogP contribution in [0.25, 0.3) is 0 Å². The minimum absolute atomic E-state index is 0.0152. The third-order valence-corrected chi connectivity index (χ3v) is 3.33. The van der Waals surface area contributed by atoms with Crippen LogP contribution in [-0.2, 0) is 0 Å². The molecule has 0 bridgehead atoms. The Hall–Kier alpha value is -1.59. The number of likely N-dealkylation sites (N-methyl/N-ethyl adjacent to an activating group) is 1. The highest BCUT2D eigenvalue weighted by Gasteiger charge is 2.28. The molecule has 1 amide bonds. The number of carbonyl (C=O) groups excluding carboxylic acids is 1. The number of nitrogens with two attached hydrogens (primary N) is 1. The molecule has 1 aliphatic heterocycles. The fourth-order valence-electron chi connectivity index (χ4n) is 2.25. The van der Waals surface area contributed by atoms with Crippen molar-refractivity contribution in [3.8, 4) is 5.75 Å². The van der Waals surface area contributed by atoms with Gasteiger partial charge in [-0.1, -0.05) is 0 Å². The molecule has 5 heteroatoms. The van der Waals surface area contributed by atoms with Gasteiger partial charge in [0, 0.05) is 31.7 Å². The standard InChI is InChI=1S/C13H19N3O2/c1-15-6-7-16(11(8-14)9-15)13(18)10-2-4-12(17)5-3-10/h2-5,11,17H,6-9,14H2,1H3. The largest absolute Gasteiger partial charge is 0.508 e. The average Bonchev–Trinajstić information content (AvgIpc) is 2.38. The molecule has 1 aromatic rings. The summed E-state index contributed by atoms with van der Waals surface area (Å²) in [5.74, 6) is 0.152. The number of phenols is 1. The summed E-state index contributed by atoms with van der Waals surface area (Å²) >= 11 is 0. The van der Waals surface area contributed by atoms with Crippen molar-refractivity contribution >= 4 is 5.91 Å². The second kappa shape index (κ2) is 5.37. The Morgan fingerprint density at radius 2 is 2.06 bits per heavy atom. The summed E-state index contributed by atoms with van der Waals surface area (Å²) in [6.45, 7) is 2.83. The van der Waals surface area contributed by atoms with Gasteiger partial charge in [-0.15, -0.1) is 0 Å². The van der Waals surface area contributed by atoms with Gasteiger partial charge in [0.05, 0.1) is 6.04 Å². The van der Waals surface area contributed by atoms with Crippen molar-refractivity contribution in [2.45, 2.75) is 6.04 Å². The molecule has 0 aromatic heterocycles. The van der Waals surface area contributed by atoms with Crippen LogP contribution in [0.3, 0.4) is 0 Å². The second-order valence-corrected chi connectivity index (χ2v) is 4.70. The number of carbonyl (C=O) groups is 1. The van der Waals surface area contributed by atoms with Crippen LogP contribution in [-0.4, -0.2) is 60.1 Å². The Kier molecular flexibility index (Phi) is 3.84. The van der Waals surface area contributed by atoms with Gasteiger partial charge in [-0.2, -0.15) is 0 Å². The normalized spacial score (nSPS) is 21.0. The van der Waals surface area contributed by atoms with Crippen molar-refractivity contribution in [3.63, 3.8) is 0 Å². The monoisotopic (exact) mass is 249 g/mol. The molecule has 1 atom stereocenters. The first-order chi connectivity index (χ1) is 8.61. The number of hydrogen-bond donors (Lipinski definition) is 2. The molecule has 0 saturated carbocycles. The topological polar surface area (TPSA) is 69.8 Å². The Bertz CT molecular complexity index is 419. The molecule has 18 heavy (non-hydrogen) atoms. The number of rotatable bonds is 2. The van der Waals surface area contributed by atoms with E-state index in [-0.39, 0.29) is 17.7 Å². The van der Waals surface area contributed by atoms with E-state index in [1.165, 1.54) is 12.1 Å². The molecule has 1 saturated heterocycles. The third-order valence-electron chi connectivity index (χ3n) is 3.33. The molecule has 0 spiro atoms. The van der Waals surface area contributed by atoms with Crippen LogP contribution in [0.1, 0.15) is 10.4 Å². The number of amides is 1. The molecule has 0 aliphatic carbocycles. The molecule has 1 heterocycles. The Balaban J connectivity index is 2.14. The van der Waals surface area contributed by atoms with Crippen LogP contribution in [0.2, 0.25) is 0 Å². The van der Waals surface area contributed by atoms with Gasteiger partial charge in [0.2, 0.25) is 0 Å². The zero-order chi connectivity index (χ0) is 13.1. The van der Waals surface area contributed by atoms with Gasteiger partial charge in [-0.25, -0.2) is 0 Å². The summed E-state index contributed by atoms with van der Waals surface area (Å²) in [6.07, 6.45) is 0. The average molecular weight is 249 g/mol. The number of nitrogens with zero attached hydrogens (tertiary/aromatic N) is 2. The highest BCUT2D eigenvalue weighted by atomic mass is 16.3. The summed E-state index contributed by atoms with van der Waals surface area (Å²) in [5.41, 5.74) is 6.33. The van der Waals surface area contributed by atoms with E-state index in [1.54, 1.807) is 12.1 Å². The van der Waals surface area contributed by atoms with Crippen LogP contribution in [0, 0.1) is 0 Å². The molecule has 98 valence electrons. The summed E-state index contributed by atoms with van der Waals surface area (Å²) in [5, 5.41) is 9.23. The Labute approximate surface area is 107 Å². The molecule has 3 N–H and O–H groups in total. The summed E-state index contributed by atoms with van der Waals surface area (Å²) in [4.78, 5) is 16.4. The maximum absolute atomic E-state index is 12.4. The van der Waals surface area contributed by atoms with Gasteiger partial charge in [0.25, 0.3) is 5.91 Å². The highest BCUT2D eigenvalue weighted by molar-refractivity contribution is 5.94. The van der Waals surface area contributed by atoms with Crippen LogP contribution < -0.4 is 5.73 Å². The van der Waals surface area contributed by atoms with Crippen molar-refractivity contribution in [1.82, 2.24) is 9.80 Å². The first-order valence-corrected chi connectivity index (χ1v) is 6.10. The lowest BCUT2D eigenvalue weighted by atomic mass is 10.1. The number of phenolic OH excluding ortho intramolecular Hbond substituents is 1. The minimum atomic E-state index is -0.0152. The zero-order valence-corrected chi connectivity index (χ0v) is 10.5. The van der Waals surface area contributed by atoms with Crippen molar-refractivity contribution < 1.29 is 9.90 Å². The van der Waals surface area contributed by atoms with Gasteiger partial charge in [-0.3, -0.25) is 4.79 Å². The SMILES string of the molecule is CN1CCN(C(=O)c2ccc(O)cc2)C(CN)C1. The molecular formula is C13H19N3O2. The van der Waals surface area contributed by atoms with Gasteiger partial charge >= 0.3 is 0 Å². The smallest absolute Gasteiger partial charge is 0.254 e. The van der Waals surface area contributed by atoms with Crippen LogP contribution in [0.4, 0.5) is 0 Å². The summed E-state index contributed by atoms with van der Waals surface area (Å²) in [6, 6.07) is 6.40. The molecule has 2 rings (SSSR count). The van der Waals surface area contributed by atoms with E-state index < -0.39 is 0 Å². The number of piperazine rings is 1. The van der Waals surface area contributed by atoms with Crippen molar-refractivity contribution in [1.29, 1.82) is 0 Å². The lowest BCUT2D eigenvalue weighted by Gasteiger charge is -2.39. The van der Waals surface area contributed by atoms with Crippen LogP contribution in [0.5, 0.6) is 5.75 Å². The van der Waals surface area contributed by atoms with Crippen molar-refractivity contribution in [3.05, 3.63) is 29.8 Å². The number of hydrogen-bond acceptors (Lipinski definition) is 4.